The number of likely N-dealkylation sites (tertiary alicyclic amines) is 1. The van der Waals surface area contributed by atoms with Gasteiger partial charge in [-0.2, -0.15) is 0 Å². The number of hydrogen-bond donors (Lipinski definition) is 2. The van der Waals surface area contributed by atoms with Crippen molar-refractivity contribution in [1.29, 1.82) is 0 Å². The first kappa shape index (κ1) is 18.1. The van der Waals surface area contributed by atoms with Crippen LogP contribution in [0.1, 0.15) is 47.2 Å². The fourth-order valence-corrected chi connectivity index (χ4v) is 4.36. The lowest BCUT2D eigenvalue weighted by Gasteiger charge is -2.31. The highest BCUT2D eigenvalue weighted by molar-refractivity contribution is 6.05. The van der Waals surface area contributed by atoms with Crippen molar-refractivity contribution in [3.63, 3.8) is 0 Å². The number of piperidine rings is 2. The summed E-state index contributed by atoms with van der Waals surface area (Å²) in [7, 11) is 2.02. The molecule has 2 fully saturated rings. The third kappa shape index (κ3) is 3.61. The van der Waals surface area contributed by atoms with Crippen LogP contribution in [0.15, 0.2) is 18.2 Å². The van der Waals surface area contributed by atoms with Crippen molar-refractivity contribution < 1.29 is 14.4 Å². The highest BCUT2D eigenvalue weighted by atomic mass is 16.2. The predicted molar refractivity (Wildman–Crippen MR) is 99.8 cm³/mol. The topological polar surface area (TPSA) is 81.8 Å². The van der Waals surface area contributed by atoms with E-state index in [1.807, 2.05) is 19.2 Å². The van der Waals surface area contributed by atoms with Crippen LogP contribution in [0.25, 0.3) is 0 Å². The predicted octanol–water partition coefficient (Wildman–Crippen LogP) is 0.631. The Hall–Kier alpha value is -2.25. The van der Waals surface area contributed by atoms with Gasteiger partial charge in [0.25, 0.3) is 5.91 Å². The van der Waals surface area contributed by atoms with Crippen LogP contribution >= 0.6 is 0 Å². The second kappa shape index (κ2) is 7.40. The van der Waals surface area contributed by atoms with Crippen LogP contribution < -0.4 is 10.6 Å². The first-order valence-corrected chi connectivity index (χ1v) is 9.71. The maximum atomic E-state index is 12.7. The highest BCUT2D eigenvalue weighted by Gasteiger charge is 2.39. The molecule has 0 spiro atoms. The van der Waals surface area contributed by atoms with Crippen molar-refractivity contribution in [2.75, 3.05) is 20.1 Å². The molecule has 1 aromatic rings. The normalized spacial score (nSPS) is 24.3. The van der Waals surface area contributed by atoms with E-state index in [1.165, 1.54) is 5.56 Å². The summed E-state index contributed by atoms with van der Waals surface area (Å²) in [5.41, 5.74) is 2.86. The standard InChI is InChI=1S/C20H26N4O3/c1-21-15-6-8-23(9-7-15)11-13-2-3-16-14(10-13)12-24(20(16)27)17-4-5-18(25)22-19(17)26/h2-3,10,15,17,21H,4-9,11-12H2,1H3,(H,22,25,26). The molecule has 0 aliphatic carbocycles. The van der Waals surface area contributed by atoms with Gasteiger partial charge in [0.2, 0.25) is 11.8 Å². The van der Waals surface area contributed by atoms with E-state index >= 15 is 0 Å². The Bertz CT molecular complexity index is 770. The van der Waals surface area contributed by atoms with Gasteiger partial charge in [0, 0.05) is 31.1 Å². The molecule has 2 saturated heterocycles. The number of fused-ring (bicyclic) bond motifs is 1. The Labute approximate surface area is 159 Å². The zero-order valence-electron chi connectivity index (χ0n) is 15.7. The van der Waals surface area contributed by atoms with E-state index in [0.29, 0.717) is 24.6 Å². The number of carbonyl (C=O) groups excluding carboxylic acids is 3. The van der Waals surface area contributed by atoms with E-state index < -0.39 is 6.04 Å². The summed E-state index contributed by atoms with van der Waals surface area (Å²) in [5, 5.41) is 5.69. The van der Waals surface area contributed by atoms with E-state index in [0.717, 1.165) is 38.0 Å². The van der Waals surface area contributed by atoms with Gasteiger partial charge < -0.3 is 10.2 Å². The minimum atomic E-state index is -0.549. The van der Waals surface area contributed by atoms with Gasteiger partial charge in [-0.1, -0.05) is 12.1 Å². The summed E-state index contributed by atoms with van der Waals surface area (Å²) in [5.74, 6) is -0.731. The molecule has 0 saturated carbocycles. The van der Waals surface area contributed by atoms with Gasteiger partial charge in [0.15, 0.2) is 0 Å². The van der Waals surface area contributed by atoms with E-state index in [1.54, 1.807) is 4.90 Å². The molecule has 3 aliphatic rings. The summed E-state index contributed by atoms with van der Waals surface area (Å²) in [4.78, 5) is 40.3. The summed E-state index contributed by atoms with van der Waals surface area (Å²) >= 11 is 0. The molecule has 3 amide bonds. The minimum Gasteiger partial charge on any atom is -0.322 e. The van der Waals surface area contributed by atoms with Crippen LogP contribution in [0, 0.1) is 0 Å². The van der Waals surface area contributed by atoms with Gasteiger partial charge in [-0.05, 0) is 56.6 Å². The fraction of sp³-hybridized carbons (Fsp3) is 0.550. The zero-order chi connectivity index (χ0) is 19.0. The van der Waals surface area contributed by atoms with E-state index in [4.69, 9.17) is 0 Å². The lowest BCUT2D eigenvalue weighted by molar-refractivity contribution is -0.136. The highest BCUT2D eigenvalue weighted by Crippen LogP contribution is 2.28. The third-order valence-electron chi connectivity index (χ3n) is 5.99. The molecular weight excluding hydrogens is 344 g/mol. The number of imide groups is 1. The van der Waals surface area contributed by atoms with E-state index in [2.05, 4.69) is 21.6 Å². The number of benzene rings is 1. The lowest BCUT2D eigenvalue weighted by atomic mass is 10.0. The minimum absolute atomic E-state index is 0.110. The van der Waals surface area contributed by atoms with Crippen LogP contribution in [0.2, 0.25) is 0 Å². The Balaban J connectivity index is 1.43. The summed E-state index contributed by atoms with van der Waals surface area (Å²) in [6.45, 7) is 3.47. The van der Waals surface area contributed by atoms with Crippen LogP contribution in [0.4, 0.5) is 0 Å². The molecule has 0 bridgehead atoms. The van der Waals surface area contributed by atoms with Crippen LogP contribution in [0.5, 0.6) is 0 Å². The maximum absolute atomic E-state index is 12.7. The molecule has 27 heavy (non-hydrogen) atoms. The monoisotopic (exact) mass is 370 g/mol. The molecule has 7 nitrogen and oxygen atoms in total. The molecule has 1 atom stereocenters. The number of nitrogens with one attached hydrogen (secondary N) is 2. The van der Waals surface area contributed by atoms with Crippen molar-refractivity contribution in [1.82, 2.24) is 20.4 Å². The Morgan fingerprint density at radius 1 is 1.15 bits per heavy atom. The molecule has 1 aromatic carbocycles. The first-order valence-electron chi connectivity index (χ1n) is 9.71. The SMILES string of the molecule is CNC1CCN(Cc2ccc3c(c2)CN(C2CCC(=O)NC2=O)C3=O)CC1. The summed E-state index contributed by atoms with van der Waals surface area (Å²) < 4.78 is 0. The van der Waals surface area contributed by atoms with Crippen molar-refractivity contribution in [3.8, 4) is 0 Å². The van der Waals surface area contributed by atoms with Crippen molar-refractivity contribution in [2.45, 2.75) is 50.9 Å². The number of nitrogens with zero attached hydrogens (tertiary/aromatic N) is 2. The quantitative estimate of drug-likeness (QED) is 0.760. The van der Waals surface area contributed by atoms with Gasteiger partial charge in [0.05, 0.1) is 0 Å². The number of rotatable bonds is 4. The first-order chi connectivity index (χ1) is 13.0. The molecule has 144 valence electrons. The molecule has 3 heterocycles. The molecule has 0 aromatic heterocycles. The van der Waals surface area contributed by atoms with Crippen molar-refractivity contribution in [2.24, 2.45) is 0 Å². The van der Waals surface area contributed by atoms with E-state index in [9.17, 15) is 14.4 Å². The van der Waals surface area contributed by atoms with Gasteiger partial charge in [-0.3, -0.25) is 24.6 Å². The molecule has 0 radical (unpaired) electrons. The molecular formula is C20H26N4O3. The maximum Gasteiger partial charge on any atom is 0.255 e. The lowest BCUT2D eigenvalue weighted by Crippen LogP contribution is -2.52. The molecule has 1 unspecified atom stereocenters. The average molecular weight is 370 g/mol. The smallest absolute Gasteiger partial charge is 0.255 e. The van der Waals surface area contributed by atoms with Crippen LogP contribution in [-0.4, -0.2) is 59.7 Å². The third-order valence-corrected chi connectivity index (χ3v) is 5.99. The number of amides is 3. The number of carbonyl (C=O) groups is 3. The van der Waals surface area contributed by atoms with Gasteiger partial charge >= 0.3 is 0 Å². The second-order valence-corrected chi connectivity index (χ2v) is 7.73. The van der Waals surface area contributed by atoms with Gasteiger partial charge in [0.1, 0.15) is 6.04 Å². The van der Waals surface area contributed by atoms with Crippen LogP contribution in [0.3, 0.4) is 0 Å². The Morgan fingerprint density at radius 3 is 2.63 bits per heavy atom. The molecule has 2 N–H and O–H groups in total. The van der Waals surface area contributed by atoms with E-state index in [-0.39, 0.29) is 24.1 Å². The molecule has 7 heteroatoms. The summed E-state index contributed by atoms with van der Waals surface area (Å²) in [6, 6.07) is 6.07. The number of hydrogen-bond acceptors (Lipinski definition) is 5. The van der Waals surface area contributed by atoms with Gasteiger partial charge in [-0.15, -0.1) is 0 Å². The fourth-order valence-electron chi connectivity index (χ4n) is 4.36. The average Bonchev–Trinajstić information content (AvgIpc) is 2.98. The van der Waals surface area contributed by atoms with Crippen LogP contribution in [-0.2, 0) is 22.7 Å². The Morgan fingerprint density at radius 2 is 1.93 bits per heavy atom. The summed E-state index contributed by atoms with van der Waals surface area (Å²) in [6.07, 6.45) is 2.99. The van der Waals surface area contributed by atoms with Gasteiger partial charge in [-0.25, -0.2) is 0 Å². The molecule has 3 aliphatic heterocycles. The second-order valence-electron chi connectivity index (χ2n) is 7.73. The molecule has 4 rings (SSSR count). The zero-order valence-corrected chi connectivity index (χ0v) is 15.7. The van der Waals surface area contributed by atoms with Crippen molar-refractivity contribution in [3.05, 3.63) is 34.9 Å². The Kier molecular flexibility index (Phi) is 4.97. The largest absolute Gasteiger partial charge is 0.322 e. The van der Waals surface area contributed by atoms with Crippen molar-refractivity contribution >= 4 is 17.7 Å².